The lowest BCUT2D eigenvalue weighted by molar-refractivity contribution is -0.139. The summed E-state index contributed by atoms with van der Waals surface area (Å²) < 4.78 is 18.2. The van der Waals surface area contributed by atoms with Crippen molar-refractivity contribution in [1.29, 1.82) is 0 Å². The summed E-state index contributed by atoms with van der Waals surface area (Å²) in [6.45, 7) is 3.38. The Morgan fingerprint density at radius 3 is 2.48 bits per heavy atom. The highest BCUT2D eigenvalue weighted by Crippen LogP contribution is 2.24. The quantitative estimate of drug-likeness (QED) is 0.809. The SMILES string of the molecule is CC(C)(C(=O)NCc1cccc(OCC(=O)O)c1)c1ccc(F)cc1. The fraction of sp³-hybridized carbons (Fsp3) is 0.263. The molecule has 0 aromatic heterocycles. The number of halogens is 1. The second kappa shape index (κ2) is 7.79. The monoisotopic (exact) mass is 345 g/mol. The largest absolute Gasteiger partial charge is 0.482 e. The van der Waals surface area contributed by atoms with Crippen molar-refractivity contribution in [3.05, 3.63) is 65.5 Å². The summed E-state index contributed by atoms with van der Waals surface area (Å²) in [4.78, 5) is 23.0. The zero-order valence-corrected chi connectivity index (χ0v) is 14.1. The van der Waals surface area contributed by atoms with Crippen LogP contribution in [-0.2, 0) is 21.5 Å². The number of carboxylic acids is 1. The number of aliphatic carboxylic acids is 1. The van der Waals surface area contributed by atoms with E-state index in [4.69, 9.17) is 9.84 Å². The van der Waals surface area contributed by atoms with Gasteiger partial charge in [0.05, 0.1) is 5.41 Å². The summed E-state index contributed by atoms with van der Waals surface area (Å²) in [5, 5.41) is 11.5. The predicted molar refractivity (Wildman–Crippen MR) is 90.8 cm³/mol. The fourth-order valence-corrected chi connectivity index (χ4v) is 2.29. The van der Waals surface area contributed by atoms with Gasteiger partial charge in [-0.25, -0.2) is 9.18 Å². The van der Waals surface area contributed by atoms with Crippen LogP contribution in [0, 0.1) is 5.82 Å². The summed E-state index contributed by atoms with van der Waals surface area (Å²) in [6.07, 6.45) is 0. The Balaban J connectivity index is 2.00. The van der Waals surface area contributed by atoms with Gasteiger partial charge in [-0.15, -0.1) is 0 Å². The number of ether oxygens (including phenoxy) is 1. The Morgan fingerprint density at radius 1 is 1.16 bits per heavy atom. The zero-order chi connectivity index (χ0) is 18.4. The van der Waals surface area contributed by atoms with Gasteiger partial charge in [0.25, 0.3) is 0 Å². The maximum absolute atomic E-state index is 13.0. The van der Waals surface area contributed by atoms with Crippen LogP contribution in [0.1, 0.15) is 25.0 Å². The van der Waals surface area contributed by atoms with Gasteiger partial charge >= 0.3 is 5.97 Å². The van der Waals surface area contributed by atoms with E-state index >= 15 is 0 Å². The normalized spacial score (nSPS) is 11.0. The van der Waals surface area contributed by atoms with E-state index in [0.29, 0.717) is 11.3 Å². The minimum Gasteiger partial charge on any atom is -0.482 e. The van der Waals surface area contributed by atoms with Crippen LogP contribution < -0.4 is 10.1 Å². The molecule has 0 bridgehead atoms. The third-order valence-corrected chi connectivity index (χ3v) is 3.85. The number of hydrogen-bond donors (Lipinski definition) is 2. The van der Waals surface area contributed by atoms with Gasteiger partial charge in [0.2, 0.25) is 5.91 Å². The molecule has 0 saturated heterocycles. The number of benzene rings is 2. The van der Waals surface area contributed by atoms with Crippen molar-refractivity contribution < 1.29 is 23.8 Å². The first-order valence-corrected chi connectivity index (χ1v) is 7.77. The third-order valence-electron chi connectivity index (χ3n) is 3.85. The topological polar surface area (TPSA) is 75.6 Å². The zero-order valence-electron chi connectivity index (χ0n) is 14.1. The first-order valence-electron chi connectivity index (χ1n) is 7.77. The van der Waals surface area contributed by atoms with E-state index in [-0.39, 0.29) is 18.3 Å². The van der Waals surface area contributed by atoms with Gasteiger partial charge in [0.1, 0.15) is 11.6 Å². The summed E-state index contributed by atoms with van der Waals surface area (Å²) in [5.74, 6) is -1.18. The van der Waals surface area contributed by atoms with E-state index in [1.54, 1.807) is 50.2 Å². The molecular weight excluding hydrogens is 325 g/mol. The molecule has 6 heteroatoms. The minimum absolute atomic E-state index is 0.198. The lowest BCUT2D eigenvalue weighted by Crippen LogP contribution is -2.39. The van der Waals surface area contributed by atoms with E-state index in [0.717, 1.165) is 5.56 Å². The van der Waals surface area contributed by atoms with Gasteiger partial charge in [-0.1, -0.05) is 24.3 Å². The molecule has 0 radical (unpaired) electrons. The van der Waals surface area contributed by atoms with E-state index in [9.17, 15) is 14.0 Å². The van der Waals surface area contributed by atoms with Crippen LogP contribution in [0.25, 0.3) is 0 Å². The van der Waals surface area contributed by atoms with Crippen LogP contribution in [0.5, 0.6) is 5.75 Å². The number of carbonyl (C=O) groups is 2. The molecular formula is C19H20FNO4. The molecule has 0 aliphatic heterocycles. The lowest BCUT2D eigenvalue weighted by Gasteiger charge is -2.24. The molecule has 0 aliphatic carbocycles. The molecule has 132 valence electrons. The molecule has 2 aromatic rings. The summed E-state index contributed by atoms with van der Waals surface area (Å²) in [7, 11) is 0. The Labute approximate surface area is 145 Å². The van der Waals surface area contributed by atoms with Crippen LogP contribution in [0.4, 0.5) is 4.39 Å². The second-order valence-corrected chi connectivity index (χ2v) is 6.14. The van der Waals surface area contributed by atoms with Crippen molar-refractivity contribution in [2.45, 2.75) is 25.8 Å². The van der Waals surface area contributed by atoms with Gasteiger partial charge in [0, 0.05) is 6.54 Å². The van der Waals surface area contributed by atoms with E-state index < -0.39 is 18.0 Å². The van der Waals surface area contributed by atoms with Crippen molar-refractivity contribution in [1.82, 2.24) is 5.32 Å². The standard InChI is InChI=1S/C19H20FNO4/c1-19(2,14-6-8-15(20)9-7-14)18(24)21-11-13-4-3-5-16(10-13)25-12-17(22)23/h3-10H,11-12H2,1-2H3,(H,21,24)(H,22,23). The molecule has 1 amide bonds. The Bertz CT molecular complexity index is 756. The van der Waals surface area contributed by atoms with Crippen molar-refractivity contribution in [3.63, 3.8) is 0 Å². The molecule has 0 spiro atoms. The van der Waals surface area contributed by atoms with Gasteiger partial charge in [-0.2, -0.15) is 0 Å². The number of hydrogen-bond acceptors (Lipinski definition) is 3. The third kappa shape index (κ3) is 5.04. The molecule has 0 aliphatic rings. The molecule has 2 rings (SSSR count). The van der Waals surface area contributed by atoms with E-state index in [1.165, 1.54) is 12.1 Å². The molecule has 0 atom stereocenters. The minimum atomic E-state index is -1.06. The number of amides is 1. The Kier molecular flexibility index (Phi) is 5.75. The van der Waals surface area contributed by atoms with Gasteiger partial charge < -0.3 is 15.2 Å². The Hall–Kier alpha value is -2.89. The summed E-state index contributed by atoms with van der Waals surface area (Å²) in [6, 6.07) is 12.7. The van der Waals surface area contributed by atoms with Crippen LogP contribution in [0.15, 0.2) is 48.5 Å². The first kappa shape index (κ1) is 18.4. The van der Waals surface area contributed by atoms with Gasteiger partial charge in [-0.3, -0.25) is 4.79 Å². The van der Waals surface area contributed by atoms with Gasteiger partial charge in [0.15, 0.2) is 6.61 Å². The average Bonchev–Trinajstić information content (AvgIpc) is 2.58. The molecule has 0 unspecified atom stereocenters. The fourth-order valence-electron chi connectivity index (χ4n) is 2.29. The molecule has 0 saturated carbocycles. The molecule has 0 heterocycles. The molecule has 2 aromatic carbocycles. The molecule has 2 N–H and O–H groups in total. The van der Waals surface area contributed by atoms with Crippen LogP contribution >= 0.6 is 0 Å². The highest BCUT2D eigenvalue weighted by Gasteiger charge is 2.29. The lowest BCUT2D eigenvalue weighted by atomic mass is 9.83. The van der Waals surface area contributed by atoms with E-state index in [1.807, 2.05) is 0 Å². The van der Waals surface area contributed by atoms with Crippen LogP contribution in [0.3, 0.4) is 0 Å². The predicted octanol–water partition coefficient (Wildman–Crippen LogP) is 2.88. The van der Waals surface area contributed by atoms with E-state index in [2.05, 4.69) is 5.32 Å². The molecule has 0 fully saturated rings. The molecule has 5 nitrogen and oxygen atoms in total. The van der Waals surface area contributed by atoms with Crippen molar-refractivity contribution in [3.8, 4) is 5.75 Å². The van der Waals surface area contributed by atoms with Crippen molar-refractivity contribution in [2.24, 2.45) is 0 Å². The summed E-state index contributed by atoms with van der Waals surface area (Å²) >= 11 is 0. The van der Waals surface area contributed by atoms with Crippen LogP contribution in [0.2, 0.25) is 0 Å². The average molecular weight is 345 g/mol. The highest BCUT2D eigenvalue weighted by molar-refractivity contribution is 5.87. The maximum Gasteiger partial charge on any atom is 0.341 e. The number of carboxylic acid groups (broad SMARTS) is 1. The second-order valence-electron chi connectivity index (χ2n) is 6.14. The van der Waals surface area contributed by atoms with Crippen molar-refractivity contribution >= 4 is 11.9 Å². The van der Waals surface area contributed by atoms with Crippen molar-refractivity contribution in [2.75, 3.05) is 6.61 Å². The first-order chi connectivity index (χ1) is 11.8. The summed E-state index contributed by atoms with van der Waals surface area (Å²) in [5.41, 5.74) is 0.682. The number of rotatable bonds is 7. The number of nitrogens with one attached hydrogen (secondary N) is 1. The Morgan fingerprint density at radius 2 is 1.84 bits per heavy atom. The van der Waals surface area contributed by atoms with Crippen LogP contribution in [-0.4, -0.2) is 23.6 Å². The smallest absolute Gasteiger partial charge is 0.341 e. The molecule has 25 heavy (non-hydrogen) atoms. The maximum atomic E-state index is 13.0. The van der Waals surface area contributed by atoms with Gasteiger partial charge in [-0.05, 0) is 49.2 Å². The number of carbonyl (C=O) groups excluding carboxylic acids is 1. The highest BCUT2D eigenvalue weighted by atomic mass is 19.1.